The van der Waals surface area contributed by atoms with E-state index in [0.29, 0.717) is 11.6 Å². The first kappa shape index (κ1) is 21.4. The van der Waals surface area contributed by atoms with Crippen LogP contribution in [0.5, 0.6) is 0 Å². The Kier molecular flexibility index (Phi) is 9.08. The van der Waals surface area contributed by atoms with Crippen molar-refractivity contribution in [1.29, 1.82) is 0 Å². The molecule has 142 valence electrons. The summed E-state index contributed by atoms with van der Waals surface area (Å²) in [6, 6.07) is 14.5. The fraction of sp³-hybridized carbons (Fsp3) is 0.368. The van der Waals surface area contributed by atoms with Gasteiger partial charge in [0.1, 0.15) is 0 Å². The lowest BCUT2D eigenvalue weighted by molar-refractivity contribution is 0.564. The first-order valence-electron chi connectivity index (χ1n) is 8.68. The normalized spacial score (nSPS) is 11.6. The van der Waals surface area contributed by atoms with E-state index < -0.39 is 10.0 Å². The van der Waals surface area contributed by atoms with Gasteiger partial charge >= 0.3 is 0 Å². The minimum Gasteiger partial charge on any atom is -0.313 e. The minimum absolute atomic E-state index is 0.249. The Labute approximate surface area is 169 Å². The third-order valence-corrected chi connectivity index (χ3v) is 6.20. The molecule has 0 aliphatic heterocycles. The second kappa shape index (κ2) is 11.0. The second-order valence-electron chi connectivity index (χ2n) is 6.07. The van der Waals surface area contributed by atoms with Gasteiger partial charge in [-0.25, -0.2) is 13.1 Å². The Hall–Kier alpha value is -0.920. The molecular weight excluding hydrogens is 436 g/mol. The molecule has 0 atom stereocenters. The highest BCUT2D eigenvalue weighted by Gasteiger charge is 2.12. The van der Waals surface area contributed by atoms with E-state index >= 15 is 0 Å². The highest BCUT2D eigenvalue weighted by molar-refractivity contribution is 9.10. The van der Waals surface area contributed by atoms with E-state index in [0.717, 1.165) is 43.2 Å². The highest BCUT2D eigenvalue weighted by atomic mass is 79.9. The monoisotopic (exact) mass is 458 g/mol. The Bertz CT molecular complexity index is 765. The van der Waals surface area contributed by atoms with Crippen molar-refractivity contribution in [2.24, 2.45) is 0 Å². The lowest BCUT2D eigenvalue weighted by atomic mass is 10.2. The van der Waals surface area contributed by atoms with Gasteiger partial charge in [-0.2, -0.15) is 0 Å². The summed E-state index contributed by atoms with van der Waals surface area (Å²) in [5.74, 6) is 0. The Morgan fingerprint density at radius 3 is 2.12 bits per heavy atom. The largest absolute Gasteiger partial charge is 0.313 e. The van der Waals surface area contributed by atoms with Crippen molar-refractivity contribution in [3.8, 4) is 0 Å². The predicted molar refractivity (Wildman–Crippen MR) is 111 cm³/mol. The van der Waals surface area contributed by atoms with Crippen LogP contribution in [-0.4, -0.2) is 21.5 Å². The smallest absolute Gasteiger partial charge is 0.240 e. The van der Waals surface area contributed by atoms with Crippen LogP contribution in [0.25, 0.3) is 0 Å². The van der Waals surface area contributed by atoms with Gasteiger partial charge in [0.25, 0.3) is 0 Å². The van der Waals surface area contributed by atoms with E-state index in [1.54, 1.807) is 12.1 Å². The summed E-state index contributed by atoms with van der Waals surface area (Å²) in [4.78, 5) is 0.249. The number of hydrogen-bond acceptors (Lipinski definition) is 3. The molecule has 0 aliphatic carbocycles. The first-order valence-corrected chi connectivity index (χ1v) is 11.3. The maximum Gasteiger partial charge on any atom is 0.240 e. The summed E-state index contributed by atoms with van der Waals surface area (Å²) >= 11 is 9.21. The molecule has 2 aromatic rings. The number of nitrogens with one attached hydrogen (secondary N) is 2. The van der Waals surface area contributed by atoms with Crippen LogP contribution in [0.2, 0.25) is 5.02 Å². The fourth-order valence-electron chi connectivity index (χ4n) is 2.47. The van der Waals surface area contributed by atoms with Crippen molar-refractivity contribution in [3.63, 3.8) is 0 Å². The van der Waals surface area contributed by atoms with Crippen LogP contribution >= 0.6 is 27.5 Å². The summed E-state index contributed by atoms with van der Waals surface area (Å²) in [6.45, 7) is 2.29. The molecule has 0 saturated heterocycles. The van der Waals surface area contributed by atoms with Crippen molar-refractivity contribution in [3.05, 3.63) is 63.6 Å². The topological polar surface area (TPSA) is 58.2 Å². The standard InChI is InChI=1S/C19H24BrClN2O2S/c20-17-7-5-16(6-8-17)15-22-13-3-1-2-4-14-23-26(24,25)19-11-9-18(21)10-12-19/h5-12,22-23H,1-4,13-15H2. The maximum absolute atomic E-state index is 12.1. The lowest BCUT2D eigenvalue weighted by Gasteiger charge is -2.07. The number of halogens is 2. The molecule has 0 saturated carbocycles. The first-order chi connectivity index (χ1) is 12.5. The van der Waals surface area contributed by atoms with Gasteiger partial charge in [0.15, 0.2) is 0 Å². The number of unbranched alkanes of at least 4 members (excludes halogenated alkanes) is 3. The van der Waals surface area contributed by atoms with E-state index in [9.17, 15) is 8.42 Å². The third-order valence-electron chi connectivity index (χ3n) is 3.94. The van der Waals surface area contributed by atoms with Crippen LogP contribution < -0.4 is 10.0 Å². The molecule has 2 N–H and O–H groups in total. The molecule has 0 unspecified atom stereocenters. The number of rotatable bonds is 11. The van der Waals surface area contributed by atoms with Crippen LogP contribution in [-0.2, 0) is 16.6 Å². The van der Waals surface area contributed by atoms with Gasteiger partial charge in [0.05, 0.1) is 4.90 Å². The molecule has 2 rings (SSSR count). The molecule has 0 heterocycles. The molecular formula is C19H24BrClN2O2S. The summed E-state index contributed by atoms with van der Waals surface area (Å²) in [5.41, 5.74) is 1.27. The van der Waals surface area contributed by atoms with Gasteiger partial charge in [-0.1, -0.05) is 52.5 Å². The van der Waals surface area contributed by atoms with Crippen molar-refractivity contribution in [2.75, 3.05) is 13.1 Å². The summed E-state index contributed by atoms with van der Waals surface area (Å²) in [7, 11) is -3.44. The molecule has 2 aromatic carbocycles. The Morgan fingerprint density at radius 2 is 1.46 bits per heavy atom. The number of benzene rings is 2. The molecule has 0 spiro atoms. The average molecular weight is 460 g/mol. The number of sulfonamides is 1. The van der Waals surface area contributed by atoms with Crippen molar-refractivity contribution >= 4 is 37.6 Å². The van der Waals surface area contributed by atoms with Crippen LogP contribution in [0.4, 0.5) is 0 Å². The molecule has 7 heteroatoms. The molecule has 0 fully saturated rings. The number of hydrogen-bond donors (Lipinski definition) is 2. The summed E-state index contributed by atoms with van der Waals surface area (Å²) in [6.07, 6.45) is 4.00. The van der Waals surface area contributed by atoms with Crippen molar-refractivity contribution in [2.45, 2.75) is 37.1 Å². The van der Waals surface area contributed by atoms with Gasteiger partial charge in [-0.15, -0.1) is 0 Å². The predicted octanol–water partition coefficient (Wildman–Crippen LogP) is 4.73. The van der Waals surface area contributed by atoms with Gasteiger partial charge in [0, 0.05) is 22.6 Å². The summed E-state index contributed by atoms with van der Waals surface area (Å²) in [5, 5.41) is 3.95. The minimum atomic E-state index is -3.44. The highest BCUT2D eigenvalue weighted by Crippen LogP contribution is 2.14. The van der Waals surface area contributed by atoms with Crippen molar-refractivity contribution < 1.29 is 8.42 Å². The van der Waals surface area contributed by atoms with Crippen LogP contribution in [0, 0.1) is 0 Å². The Morgan fingerprint density at radius 1 is 0.846 bits per heavy atom. The average Bonchev–Trinajstić information content (AvgIpc) is 2.62. The molecule has 4 nitrogen and oxygen atoms in total. The molecule has 26 heavy (non-hydrogen) atoms. The molecule has 0 aliphatic rings. The fourth-order valence-corrected chi connectivity index (χ4v) is 3.93. The van der Waals surface area contributed by atoms with E-state index in [1.165, 1.54) is 17.7 Å². The lowest BCUT2D eigenvalue weighted by Crippen LogP contribution is -2.24. The zero-order chi connectivity index (χ0) is 18.8. The SMILES string of the molecule is O=S(=O)(NCCCCCCNCc1ccc(Br)cc1)c1ccc(Cl)cc1. The van der Waals surface area contributed by atoms with E-state index in [4.69, 9.17) is 11.6 Å². The molecule has 0 amide bonds. The molecule has 0 bridgehead atoms. The molecule has 0 radical (unpaired) electrons. The molecule has 0 aromatic heterocycles. The maximum atomic E-state index is 12.1. The zero-order valence-electron chi connectivity index (χ0n) is 14.5. The second-order valence-corrected chi connectivity index (χ2v) is 9.19. The quantitative estimate of drug-likeness (QED) is 0.478. The van der Waals surface area contributed by atoms with Gasteiger partial charge in [0.2, 0.25) is 10.0 Å². The Balaban J connectivity index is 1.52. The van der Waals surface area contributed by atoms with E-state index in [1.807, 2.05) is 12.1 Å². The van der Waals surface area contributed by atoms with E-state index in [-0.39, 0.29) is 4.90 Å². The third kappa shape index (κ3) is 7.76. The zero-order valence-corrected chi connectivity index (χ0v) is 17.7. The van der Waals surface area contributed by atoms with Crippen LogP contribution in [0.3, 0.4) is 0 Å². The van der Waals surface area contributed by atoms with Gasteiger partial charge in [-0.3, -0.25) is 0 Å². The van der Waals surface area contributed by atoms with Crippen LogP contribution in [0.15, 0.2) is 57.9 Å². The van der Waals surface area contributed by atoms with Crippen LogP contribution in [0.1, 0.15) is 31.2 Å². The van der Waals surface area contributed by atoms with Gasteiger partial charge in [-0.05, 0) is 61.3 Å². The van der Waals surface area contributed by atoms with Gasteiger partial charge < -0.3 is 5.32 Å². The summed E-state index contributed by atoms with van der Waals surface area (Å²) < 4.78 is 27.9. The van der Waals surface area contributed by atoms with E-state index in [2.05, 4.69) is 38.1 Å². The van der Waals surface area contributed by atoms with Crippen molar-refractivity contribution in [1.82, 2.24) is 10.0 Å².